The van der Waals surface area contributed by atoms with Gasteiger partial charge in [0.2, 0.25) is 23.6 Å². The number of nitrogens with zero attached hydrogens (tertiary/aromatic N) is 4. The quantitative estimate of drug-likeness (QED) is 0.411. The first-order valence-corrected chi connectivity index (χ1v) is 16.2. The maximum Gasteiger partial charge on any atom is 0.329 e. The van der Waals surface area contributed by atoms with Gasteiger partial charge in [-0.1, -0.05) is 6.92 Å². The summed E-state index contributed by atoms with van der Waals surface area (Å²) >= 11 is 0. The zero-order valence-corrected chi connectivity index (χ0v) is 25.9. The normalized spacial score (nSPS) is 29.2. The molecule has 45 heavy (non-hydrogen) atoms. The summed E-state index contributed by atoms with van der Waals surface area (Å²) in [5, 5.41) is 15.4. The Hall–Kier alpha value is -4.16. The minimum atomic E-state index is -0.951. The molecule has 0 radical (unpaired) electrons. The molecule has 4 aliphatic rings. The molecule has 1 aliphatic carbocycles. The number of aromatic nitrogens is 2. The van der Waals surface area contributed by atoms with Gasteiger partial charge >= 0.3 is 11.7 Å². The third-order valence-electron chi connectivity index (χ3n) is 10.4. The number of nitrogens with one attached hydrogen (secondary N) is 2. The number of hydrogen-bond donors (Lipinski definition) is 3. The first kappa shape index (κ1) is 30.8. The first-order valence-electron chi connectivity index (χ1n) is 16.2. The highest BCUT2D eigenvalue weighted by atomic mass is 16.4. The van der Waals surface area contributed by atoms with Crippen LogP contribution in [0, 0.1) is 17.8 Å². The number of amides is 4. The Balaban J connectivity index is 1.04. The van der Waals surface area contributed by atoms with Crippen molar-refractivity contribution in [1.29, 1.82) is 0 Å². The van der Waals surface area contributed by atoms with Crippen LogP contribution >= 0.6 is 0 Å². The molecule has 6 rings (SSSR count). The second-order valence-electron chi connectivity index (χ2n) is 13.3. The van der Waals surface area contributed by atoms with Gasteiger partial charge in [0, 0.05) is 50.7 Å². The first-order chi connectivity index (χ1) is 21.5. The van der Waals surface area contributed by atoms with Gasteiger partial charge in [-0.3, -0.25) is 33.6 Å². The number of imide groups is 1. The maximum absolute atomic E-state index is 13.6. The molecule has 4 amide bonds. The van der Waals surface area contributed by atoms with E-state index in [1.54, 1.807) is 18.9 Å². The summed E-state index contributed by atoms with van der Waals surface area (Å²) in [7, 11) is 1.67. The van der Waals surface area contributed by atoms with E-state index in [4.69, 9.17) is 0 Å². The van der Waals surface area contributed by atoms with Crippen molar-refractivity contribution in [3.05, 3.63) is 28.7 Å². The van der Waals surface area contributed by atoms with Crippen LogP contribution in [-0.2, 0) is 31.0 Å². The molecule has 0 spiro atoms. The number of carbonyl (C=O) groups is 5. The van der Waals surface area contributed by atoms with Crippen molar-refractivity contribution in [1.82, 2.24) is 24.3 Å². The van der Waals surface area contributed by atoms with E-state index < -0.39 is 29.9 Å². The highest BCUT2D eigenvalue weighted by Gasteiger charge is 2.44. The van der Waals surface area contributed by atoms with E-state index in [0.717, 1.165) is 37.9 Å². The molecule has 13 nitrogen and oxygen atoms in total. The van der Waals surface area contributed by atoms with Gasteiger partial charge in [-0.15, -0.1) is 0 Å². The van der Waals surface area contributed by atoms with Crippen LogP contribution in [-0.4, -0.2) is 85.4 Å². The summed E-state index contributed by atoms with van der Waals surface area (Å²) in [5.41, 5.74) is 1.90. The number of hydrogen-bond acceptors (Lipinski definition) is 7. The summed E-state index contributed by atoms with van der Waals surface area (Å²) in [6, 6.07) is 4.02. The van der Waals surface area contributed by atoms with E-state index in [-0.39, 0.29) is 48.2 Å². The van der Waals surface area contributed by atoms with Crippen molar-refractivity contribution < 1.29 is 29.1 Å². The Morgan fingerprint density at radius 2 is 1.73 bits per heavy atom. The van der Waals surface area contributed by atoms with Crippen molar-refractivity contribution in [3.63, 3.8) is 0 Å². The molecule has 4 atom stereocenters. The average Bonchev–Trinajstić information content (AvgIpc) is 3.55. The molecule has 1 aromatic carbocycles. The number of aryl methyl sites for hydroxylation is 1. The number of piperidine rings is 1. The lowest BCUT2D eigenvalue weighted by atomic mass is 9.81. The van der Waals surface area contributed by atoms with Crippen LogP contribution in [0.5, 0.6) is 0 Å². The maximum atomic E-state index is 13.6. The van der Waals surface area contributed by atoms with Gasteiger partial charge < -0.3 is 20.2 Å². The Kier molecular flexibility index (Phi) is 8.45. The van der Waals surface area contributed by atoms with Crippen LogP contribution in [0.15, 0.2) is 23.0 Å². The minimum Gasteiger partial charge on any atom is -0.480 e. The summed E-state index contributed by atoms with van der Waals surface area (Å²) < 4.78 is 2.99. The van der Waals surface area contributed by atoms with E-state index in [0.29, 0.717) is 49.3 Å². The van der Waals surface area contributed by atoms with Crippen molar-refractivity contribution in [2.24, 2.45) is 24.8 Å². The summed E-state index contributed by atoms with van der Waals surface area (Å²) in [5.74, 6) is -1.92. The Morgan fingerprint density at radius 1 is 0.978 bits per heavy atom. The summed E-state index contributed by atoms with van der Waals surface area (Å²) in [6.07, 6.45) is 5.57. The molecule has 242 valence electrons. The second kappa shape index (κ2) is 12.3. The van der Waals surface area contributed by atoms with E-state index >= 15 is 0 Å². The number of benzene rings is 1. The molecule has 1 unspecified atom stereocenters. The minimum absolute atomic E-state index is 0.0765. The van der Waals surface area contributed by atoms with E-state index in [1.807, 2.05) is 23.1 Å². The lowest BCUT2D eigenvalue weighted by Gasteiger charge is -2.39. The number of aliphatic carboxylic acids is 1. The van der Waals surface area contributed by atoms with Crippen LogP contribution in [0.4, 0.5) is 5.69 Å². The fraction of sp³-hybridized carbons (Fsp3) is 0.625. The molecule has 13 heteroatoms. The van der Waals surface area contributed by atoms with Gasteiger partial charge in [0.25, 0.3) is 0 Å². The zero-order chi connectivity index (χ0) is 32.0. The van der Waals surface area contributed by atoms with E-state index in [9.17, 15) is 33.9 Å². The number of carbonyl (C=O) groups excluding carboxylic acids is 4. The second-order valence-corrected chi connectivity index (χ2v) is 13.3. The third kappa shape index (κ3) is 5.84. The third-order valence-corrected chi connectivity index (χ3v) is 10.4. The standard InChI is InChI=1S/C32H42N6O7/c1-18-17-36(14-13-22-8-10-25(31(43)44)37(22)29(18)41)30(42)20-5-3-19(4-6-20)16-33-21-7-9-23-26(15-21)35(2)32(45)38(23)24-11-12-27(39)34-28(24)40/h7,9,15,18-20,22,24-25,33H,3-6,8,10-14,16-17H2,1-2H3,(H,43,44)(H,34,39,40)/t18-,19?,20?,22+,24?,25-/m0/s1. The number of fused-ring (bicyclic) bond motifs is 2. The van der Waals surface area contributed by atoms with Gasteiger partial charge in [-0.05, 0) is 75.5 Å². The molecule has 3 saturated heterocycles. The Labute approximate surface area is 260 Å². The molecule has 0 bridgehead atoms. The van der Waals surface area contributed by atoms with Gasteiger partial charge in [0.1, 0.15) is 12.1 Å². The SMILES string of the molecule is C[C@H]1CN(C(=O)C2CCC(CNc3ccc4c(c3)n(C)c(=O)n4C3CCC(=O)NC3=O)CC2)CC[C@H]2CC[C@@H](C(=O)O)N2C1=O. The predicted molar refractivity (Wildman–Crippen MR) is 164 cm³/mol. The number of imidazole rings is 1. The van der Waals surface area contributed by atoms with Crippen molar-refractivity contribution in [2.75, 3.05) is 25.0 Å². The molecular weight excluding hydrogens is 580 g/mol. The van der Waals surface area contributed by atoms with Crippen molar-refractivity contribution >= 4 is 46.3 Å². The highest BCUT2D eigenvalue weighted by Crippen LogP contribution is 2.34. The molecule has 4 fully saturated rings. The van der Waals surface area contributed by atoms with E-state index in [2.05, 4.69) is 10.6 Å². The summed E-state index contributed by atoms with van der Waals surface area (Å²) in [6.45, 7) is 3.39. The van der Waals surface area contributed by atoms with Gasteiger partial charge in [0.05, 0.1) is 17.0 Å². The number of anilines is 1. The van der Waals surface area contributed by atoms with Crippen LogP contribution in [0.2, 0.25) is 0 Å². The molecular formula is C32H42N6O7. The Bertz CT molecular complexity index is 1590. The van der Waals surface area contributed by atoms with E-state index in [1.165, 1.54) is 9.13 Å². The molecule has 4 heterocycles. The van der Waals surface area contributed by atoms with Gasteiger partial charge in [-0.2, -0.15) is 0 Å². The zero-order valence-electron chi connectivity index (χ0n) is 25.9. The lowest BCUT2D eigenvalue weighted by molar-refractivity contribution is -0.154. The smallest absolute Gasteiger partial charge is 0.329 e. The van der Waals surface area contributed by atoms with Crippen molar-refractivity contribution in [3.8, 4) is 0 Å². The fourth-order valence-electron chi connectivity index (χ4n) is 7.84. The van der Waals surface area contributed by atoms with Crippen LogP contribution < -0.4 is 16.3 Å². The van der Waals surface area contributed by atoms with Crippen molar-refractivity contribution in [2.45, 2.75) is 82.8 Å². The molecule has 2 aromatic rings. The topological polar surface area (TPSA) is 163 Å². The number of rotatable bonds is 6. The monoisotopic (exact) mass is 622 g/mol. The fourth-order valence-corrected chi connectivity index (χ4v) is 7.84. The highest BCUT2D eigenvalue weighted by molar-refractivity contribution is 6.00. The van der Waals surface area contributed by atoms with Crippen LogP contribution in [0.1, 0.15) is 70.8 Å². The average molecular weight is 623 g/mol. The Morgan fingerprint density at radius 3 is 2.44 bits per heavy atom. The molecule has 1 aromatic heterocycles. The van der Waals surface area contributed by atoms with Gasteiger partial charge in [-0.25, -0.2) is 9.59 Å². The molecule has 3 aliphatic heterocycles. The van der Waals surface area contributed by atoms with Crippen LogP contribution in [0.3, 0.4) is 0 Å². The molecule has 3 N–H and O–H groups in total. The predicted octanol–water partition coefficient (Wildman–Crippen LogP) is 1.85. The molecule has 1 saturated carbocycles. The van der Waals surface area contributed by atoms with Crippen LogP contribution in [0.25, 0.3) is 11.0 Å². The largest absolute Gasteiger partial charge is 0.480 e. The summed E-state index contributed by atoms with van der Waals surface area (Å²) in [4.78, 5) is 79.0. The van der Waals surface area contributed by atoms with Gasteiger partial charge in [0.15, 0.2) is 0 Å². The lowest BCUT2D eigenvalue weighted by Crippen LogP contribution is -2.53. The number of carboxylic acid groups (broad SMARTS) is 1. The number of carboxylic acids is 1.